The summed E-state index contributed by atoms with van der Waals surface area (Å²) in [5.74, 6) is -0.645. The summed E-state index contributed by atoms with van der Waals surface area (Å²) in [5.41, 5.74) is 2.06. The fourth-order valence-corrected chi connectivity index (χ4v) is 4.99. The number of aromatic nitrogens is 1. The molecule has 0 aliphatic carbocycles. The van der Waals surface area contributed by atoms with Crippen molar-refractivity contribution < 1.29 is 18.8 Å². The van der Waals surface area contributed by atoms with Gasteiger partial charge in [0.2, 0.25) is 0 Å². The third kappa shape index (κ3) is 4.63. The van der Waals surface area contributed by atoms with Crippen molar-refractivity contribution >= 4 is 51.4 Å². The number of ether oxygens (including phenoxy) is 1. The molecule has 0 fully saturated rings. The van der Waals surface area contributed by atoms with Gasteiger partial charge in [-0.1, -0.05) is 41.3 Å². The number of esters is 1. The molecule has 0 bridgehead atoms. The predicted octanol–water partition coefficient (Wildman–Crippen LogP) is 6.71. The van der Waals surface area contributed by atoms with Crippen LogP contribution in [0.1, 0.15) is 57.7 Å². The topological polar surface area (TPSA) is 81.4 Å². The van der Waals surface area contributed by atoms with E-state index in [1.807, 2.05) is 13.8 Å². The maximum Gasteiger partial charge on any atom is 0.341 e. The smallest absolute Gasteiger partial charge is 0.341 e. The predicted molar refractivity (Wildman–Crippen MR) is 124 cm³/mol. The van der Waals surface area contributed by atoms with Crippen LogP contribution < -0.4 is 5.32 Å². The Balaban J connectivity index is 2.05. The standard InChI is InChI=1S/C22H22Cl2N2O4S/c1-6-13-12(5)31-21(17(13)22(28)29-10(2)3)25-20(27)16-11(4)30-26-19(16)18-14(23)8-7-9-15(18)24/h7-10H,6H2,1-5H3,(H,25,27). The van der Waals surface area contributed by atoms with E-state index in [0.29, 0.717) is 38.4 Å². The Bertz CT molecular complexity index is 1130. The highest BCUT2D eigenvalue weighted by atomic mass is 35.5. The number of rotatable bonds is 6. The molecule has 0 aliphatic rings. The number of benzene rings is 1. The molecular formula is C22H22Cl2N2O4S. The van der Waals surface area contributed by atoms with Gasteiger partial charge in [-0.15, -0.1) is 11.3 Å². The van der Waals surface area contributed by atoms with Crippen LogP contribution >= 0.6 is 34.5 Å². The van der Waals surface area contributed by atoms with Crippen LogP contribution in [-0.4, -0.2) is 23.1 Å². The first kappa shape index (κ1) is 23.3. The number of hydrogen-bond donors (Lipinski definition) is 1. The molecule has 31 heavy (non-hydrogen) atoms. The number of nitrogens with zero attached hydrogens (tertiary/aromatic N) is 1. The lowest BCUT2D eigenvalue weighted by atomic mass is 10.0. The minimum atomic E-state index is -0.479. The molecule has 0 saturated heterocycles. The zero-order valence-corrected chi connectivity index (χ0v) is 20.1. The van der Waals surface area contributed by atoms with Crippen molar-refractivity contribution in [2.75, 3.05) is 5.32 Å². The summed E-state index contributed by atoms with van der Waals surface area (Å²) in [6.07, 6.45) is 0.350. The summed E-state index contributed by atoms with van der Waals surface area (Å²) < 4.78 is 10.7. The van der Waals surface area contributed by atoms with Crippen molar-refractivity contribution in [1.29, 1.82) is 0 Å². The largest absolute Gasteiger partial charge is 0.459 e. The number of aryl methyl sites for hydroxylation is 2. The monoisotopic (exact) mass is 480 g/mol. The molecule has 0 unspecified atom stereocenters. The number of nitrogens with one attached hydrogen (secondary N) is 1. The molecule has 9 heteroatoms. The minimum absolute atomic E-state index is 0.197. The van der Waals surface area contributed by atoms with Crippen LogP contribution in [0.25, 0.3) is 11.3 Å². The van der Waals surface area contributed by atoms with Gasteiger partial charge in [0.25, 0.3) is 5.91 Å². The number of carbonyl (C=O) groups is 2. The summed E-state index contributed by atoms with van der Waals surface area (Å²) in [7, 11) is 0. The fourth-order valence-electron chi connectivity index (χ4n) is 3.28. The Morgan fingerprint density at radius 2 is 1.84 bits per heavy atom. The van der Waals surface area contributed by atoms with Crippen molar-refractivity contribution in [3.05, 3.63) is 55.6 Å². The second-order valence-corrected chi connectivity index (χ2v) is 9.20. The van der Waals surface area contributed by atoms with Crippen LogP contribution in [0.2, 0.25) is 10.0 Å². The van der Waals surface area contributed by atoms with E-state index in [2.05, 4.69) is 10.5 Å². The number of thiophene rings is 1. The fraction of sp³-hybridized carbons (Fsp3) is 0.318. The summed E-state index contributed by atoms with van der Waals surface area (Å²) in [6, 6.07) is 5.02. The zero-order chi connectivity index (χ0) is 22.9. The van der Waals surface area contributed by atoms with E-state index < -0.39 is 11.9 Å². The average molecular weight is 481 g/mol. The van der Waals surface area contributed by atoms with Crippen LogP contribution in [0.5, 0.6) is 0 Å². The van der Waals surface area contributed by atoms with Crippen LogP contribution in [0.4, 0.5) is 5.00 Å². The van der Waals surface area contributed by atoms with E-state index >= 15 is 0 Å². The third-order valence-corrected chi connectivity index (χ3v) is 6.32. The van der Waals surface area contributed by atoms with Gasteiger partial charge in [-0.05, 0) is 51.8 Å². The van der Waals surface area contributed by atoms with E-state index in [1.165, 1.54) is 11.3 Å². The van der Waals surface area contributed by atoms with E-state index in [9.17, 15) is 9.59 Å². The molecule has 0 radical (unpaired) electrons. The summed E-state index contributed by atoms with van der Waals surface area (Å²) in [6.45, 7) is 9.04. The Labute approximate surface area is 194 Å². The van der Waals surface area contributed by atoms with Crippen molar-refractivity contribution in [3.63, 3.8) is 0 Å². The molecule has 3 rings (SSSR count). The maximum absolute atomic E-state index is 13.3. The van der Waals surface area contributed by atoms with Gasteiger partial charge in [-0.2, -0.15) is 0 Å². The molecule has 1 amide bonds. The van der Waals surface area contributed by atoms with Gasteiger partial charge in [-0.3, -0.25) is 4.79 Å². The summed E-state index contributed by atoms with van der Waals surface area (Å²) >= 11 is 13.9. The molecule has 0 aliphatic heterocycles. The molecule has 0 spiro atoms. The van der Waals surface area contributed by atoms with Crippen molar-refractivity contribution in [1.82, 2.24) is 5.16 Å². The number of anilines is 1. The van der Waals surface area contributed by atoms with Gasteiger partial charge in [-0.25, -0.2) is 4.79 Å². The molecule has 1 N–H and O–H groups in total. The van der Waals surface area contributed by atoms with Crippen LogP contribution in [0, 0.1) is 13.8 Å². The van der Waals surface area contributed by atoms with Crippen molar-refractivity contribution in [2.24, 2.45) is 0 Å². The van der Waals surface area contributed by atoms with E-state index in [-0.39, 0.29) is 17.4 Å². The van der Waals surface area contributed by atoms with Crippen molar-refractivity contribution in [3.8, 4) is 11.3 Å². The minimum Gasteiger partial charge on any atom is -0.459 e. The summed E-state index contributed by atoms with van der Waals surface area (Å²) in [4.78, 5) is 27.0. The van der Waals surface area contributed by atoms with Crippen molar-refractivity contribution in [2.45, 2.75) is 47.1 Å². The number of hydrogen-bond acceptors (Lipinski definition) is 6. The quantitative estimate of drug-likeness (QED) is 0.396. The first-order valence-electron chi connectivity index (χ1n) is 9.70. The lowest BCUT2D eigenvalue weighted by Gasteiger charge is -2.11. The van der Waals surface area contributed by atoms with E-state index in [4.69, 9.17) is 32.5 Å². The molecule has 2 aromatic heterocycles. The van der Waals surface area contributed by atoms with Crippen LogP contribution in [-0.2, 0) is 11.2 Å². The van der Waals surface area contributed by atoms with Gasteiger partial charge < -0.3 is 14.6 Å². The van der Waals surface area contributed by atoms with E-state index in [1.54, 1.807) is 39.0 Å². The second-order valence-electron chi connectivity index (χ2n) is 7.16. The second kappa shape index (κ2) is 9.42. The van der Waals surface area contributed by atoms with Gasteiger partial charge in [0.15, 0.2) is 0 Å². The first-order chi connectivity index (χ1) is 14.6. The Morgan fingerprint density at radius 1 is 1.19 bits per heavy atom. The SMILES string of the molecule is CCc1c(C)sc(NC(=O)c2c(-c3c(Cl)cccc3Cl)noc2C)c1C(=O)OC(C)C. The Morgan fingerprint density at radius 3 is 2.42 bits per heavy atom. The lowest BCUT2D eigenvalue weighted by Crippen LogP contribution is -2.18. The zero-order valence-electron chi connectivity index (χ0n) is 17.8. The van der Waals surface area contributed by atoms with Gasteiger partial charge in [0.1, 0.15) is 22.0 Å². The lowest BCUT2D eigenvalue weighted by molar-refractivity contribution is 0.0378. The maximum atomic E-state index is 13.3. The molecule has 6 nitrogen and oxygen atoms in total. The number of halogens is 2. The van der Waals surface area contributed by atoms with Gasteiger partial charge in [0.05, 0.1) is 21.7 Å². The van der Waals surface area contributed by atoms with Crippen LogP contribution in [0.3, 0.4) is 0 Å². The Hall–Kier alpha value is -2.35. The third-order valence-electron chi connectivity index (χ3n) is 4.63. The molecule has 3 aromatic rings. The average Bonchev–Trinajstić information content (AvgIpc) is 3.20. The molecular weight excluding hydrogens is 459 g/mol. The number of carbonyl (C=O) groups excluding carboxylic acids is 2. The molecule has 164 valence electrons. The number of amides is 1. The normalized spacial score (nSPS) is 11.1. The Kier molecular flexibility index (Phi) is 7.09. The highest BCUT2D eigenvalue weighted by molar-refractivity contribution is 7.16. The molecule has 2 heterocycles. The molecule has 0 saturated carbocycles. The van der Waals surface area contributed by atoms with Crippen LogP contribution in [0.15, 0.2) is 22.7 Å². The summed E-state index contributed by atoms with van der Waals surface area (Å²) in [5, 5.41) is 7.96. The van der Waals surface area contributed by atoms with E-state index in [0.717, 1.165) is 10.4 Å². The highest BCUT2D eigenvalue weighted by Gasteiger charge is 2.28. The molecule has 1 aromatic carbocycles. The first-order valence-corrected chi connectivity index (χ1v) is 11.3. The molecule has 0 atom stereocenters. The van der Waals surface area contributed by atoms with Gasteiger partial charge in [0, 0.05) is 10.4 Å². The van der Waals surface area contributed by atoms with Gasteiger partial charge >= 0.3 is 5.97 Å². The highest BCUT2D eigenvalue weighted by Crippen LogP contribution is 2.38.